The number of anilines is 1. The summed E-state index contributed by atoms with van der Waals surface area (Å²) >= 11 is 3.12. The fraction of sp³-hybridized carbons (Fsp3) is 0.350. The van der Waals surface area contributed by atoms with Crippen molar-refractivity contribution >= 4 is 45.0 Å². The van der Waals surface area contributed by atoms with Gasteiger partial charge in [-0.25, -0.2) is 8.42 Å². The zero-order chi connectivity index (χ0) is 19.4. The van der Waals surface area contributed by atoms with Gasteiger partial charge in [0.05, 0.1) is 17.3 Å². The Hall–Kier alpha value is -1.44. The van der Waals surface area contributed by atoms with E-state index in [0.717, 1.165) is 10.6 Å². The third-order valence-corrected chi connectivity index (χ3v) is 8.77. The second-order valence-electron chi connectivity index (χ2n) is 6.76. The topological polar surface area (TPSA) is 63.2 Å². The van der Waals surface area contributed by atoms with Crippen LogP contribution in [0.25, 0.3) is 0 Å². The third kappa shape index (κ3) is 6.02. The van der Waals surface area contributed by atoms with Gasteiger partial charge in [0.2, 0.25) is 5.91 Å². The molecule has 1 saturated heterocycles. The van der Waals surface area contributed by atoms with Crippen LogP contribution in [0.1, 0.15) is 17.5 Å². The summed E-state index contributed by atoms with van der Waals surface area (Å²) < 4.78 is 22.9. The lowest BCUT2D eigenvalue weighted by atomic mass is 10.1. The highest BCUT2D eigenvalue weighted by Crippen LogP contribution is 2.30. The fourth-order valence-corrected chi connectivity index (χ4v) is 7.16. The highest BCUT2D eigenvalue weighted by atomic mass is 32.2. The second kappa shape index (κ2) is 8.71. The van der Waals surface area contributed by atoms with Gasteiger partial charge >= 0.3 is 0 Å². The highest BCUT2D eigenvalue weighted by molar-refractivity contribution is 8.02. The molecule has 0 saturated carbocycles. The lowest BCUT2D eigenvalue weighted by Gasteiger charge is -2.09. The third-order valence-electron chi connectivity index (χ3n) is 4.49. The van der Waals surface area contributed by atoms with Crippen molar-refractivity contribution in [3.8, 4) is 0 Å². The van der Waals surface area contributed by atoms with Gasteiger partial charge < -0.3 is 5.32 Å². The Kier molecular flexibility index (Phi) is 6.55. The van der Waals surface area contributed by atoms with E-state index in [1.807, 2.05) is 24.3 Å². The average Bonchev–Trinajstić information content (AvgIpc) is 2.97. The van der Waals surface area contributed by atoms with E-state index in [9.17, 15) is 13.2 Å². The lowest BCUT2D eigenvalue weighted by molar-refractivity contribution is -0.113. The molecule has 27 heavy (non-hydrogen) atoms. The number of amides is 1. The molecule has 7 heteroatoms. The number of hydrogen-bond acceptors (Lipinski definition) is 5. The molecule has 1 fully saturated rings. The van der Waals surface area contributed by atoms with Crippen LogP contribution in [-0.4, -0.2) is 36.8 Å². The van der Waals surface area contributed by atoms with Crippen LogP contribution >= 0.6 is 23.5 Å². The van der Waals surface area contributed by atoms with Crippen molar-refractivity contribution in [2.24, 2.45) is 0 Å². The van der Waals surface area contributed by atoms with E-state index >= 15 is 0 Å². The molecule has 0 spiro atoms. The van der Waals surface area contributed by atoms with Gasteiger partial charge in [0.25, 0.3) is 0 Å². The molecule has 0 radical (unpaired) electrons. The summed E-state index contributed by atoms with van der Waals surface area (Å²) in [5.41, 5.74) is 3.31. The maximum Gasteiger partial charge on any atom is 0.234 e. The Morgan fingerprint density at radius 2 is 1.78 bits per heavy atom. The molecule has 2 aromatic carbocycles. The summed E-state index contributed by atoms with van der Waals surface area (Å²) in [6, 6.07) is 14.2. The minimum Gasteiger partial charge on any atom is -0.325 e. The second-order valence-corrected chi connectivity index (χ2v) is 11.4. The number of thioether (sulfide) groups is 1. The Balaban J connectivity index is 1.49. The van der Waals surface area contributed by atoms with Crippen molar-refractivity contribution < 1.29 is 13.2 Å². The minimum absolute atomic E-state index is 0.0393. The Morgan fingerprint density at radius 1 is 1.07 bits per heavy atom. The Bertz CT molecular complexity index is 924. The zero-order valence-electron chi connectivity index (χ0n) is 15.4. The van der Waals surface area contributed by atoms with E-state index in [2.05, 4.69) is 37.4 Å². The van der Waals surface area contributed by atoms with Gasteiger partial charge in [-0.15, -0.1) is 11.8 Å². The van der Waals surface area contributed by atoms with Crippen LogP contribution in [-0.2, 0) is 14.6 Å². The van der Waals surface area contributed by atoms with Crippen LogP contribution in [0.3, 0.4) is 0 Å². The van der Waals surface area contributed by atoms with E-state index in [0.29, 0.717) is 6.42 Å². The largest absolute Gasteiger partial charge is 0.325 e. The number of rotatable bonds is 6. The normalized spacial score (nSPS) is 18.4. The number of nitrogens with one attached hydrogen (secondary N) is 1. The molecular formula is C20H23NO3S3. The van der Waals surface area contributed by atoms with Crippen molar-refractivity contribution in [2.45, 2.75) is 35.3 Å². The SMILES string of the molecule is Cc1ccc(Sc2ccc(NC(=O)CS[C@@H]3CCS(=O)(=O)C3)cc2)cc1C. The predicted octanol–water partition coefficient (Wildman–Crippen LogP) is 4.31. The first kappa shape index (κ1) is 20.3. The molecule has 144 valence electrons. The first-order valence-electron chi connectivity index (χ1n) is 8.78. The minimum atomic E-state index is -2.89. The summed E-state index contributed by atoms with van der Waals surface area (Å²) in [4.78, 5) is 14.4. The molecule has 0 aliphatic carbocycles. The molecule has 0 unspecified atom stereocenters. The number of sulfone groups is 1. The molecule has 1 amide bonds. The van der Waals surface area contributed by atoms with Crippen LogP contribution < -0.4 is 5.32 Å². The van der Waals surface area contributed by atoms with E-state index in [4.69, 9.17) is 0 Å². The number of carbonyl (C=O) groups excluding carboxylic acids is 1. The van der Waals surface area contributed by atoms with Crippen molar-refractivity contribution in [1.82, 2.24) is 0 Å². The maximum atomic E-state index is 12.1. The molecule has 1 N–H and O–H groups in total. The standard InChI is InChI=1S/C20H23NO3S3/c1-14-3-6-18(11-15(14)2)26-17-7-4-16(5-8-17)21-20(22)12-25-19-9-10-27(23,24)13-19/h3-8,11,19H,9-10,12-13H2,1-2H3,(H,21,22)/t19-/m1/s1. The molecule has 2 aromatic rings. The van der Waals surface area contributed by atoms with Crippen LogP contribution in [0.15, 0.2) is 52.3 Å². The smallest absolute Gasteiger partial charge is 0.234 e. The number of aryl methyl sites for hydroxylation is 2. The quantitative estimate of drug-likeness (QED) is 0.753. The first-order chi connectivity index (χ1) is 12.8. The van der Waals surface area contributed by atoms with Crippen LogP contribution in [0.5, 0.6) is 0 Å². The van der Waals surface area contributed by atoms with Crippen molar-refractivity contribution in [3.05, 3.63) is 53.6 Å². The molecule has 1 aliphatic heterocycles. The predicted molar refractivity (Wildman–Crippen MR) is 115 cm³/mol. The molecule has 3 rings (SSSR count). The molecular weight excluding hydrogens is 398 g/mol. The molecule has 0 aromatic heterocycles. The van der Waals surface area contributed by atoms with Crippen molar-refractivity contribution in [1.29, 1.82) is 0 Å². The molecule has 4 nitrogen and oxygen atoms in total. The molecule has 0 bridgehead atoms. The maximum absolute atomic E-state index is 12.1. The van der Waals surface area contributed by atoms with E-state index < -0.39 is 9.84 Å². The van der Waals surface area contributed by atoms with Gasteiger partial charge in [-0.3, -0.25) is 4.79 Å². The number of carbonyl (C=O) groups is 1. The molecule has 1 heterocycles. The summed E-state index contributed by atoms with van der Waals surface area (Å²) in [7, 11) is -2.89. The highest BCUT2D eigenvalue weighted by Gasteiger charge is 2.28. The number of benzene rings is 2. The number of hydrogen-bond donors (Lipinski definition) is 1. The van der Waals surface area contributed by atoms with Crippen LogP contribution in [0.2, 0.25) is 0 Å². The first-order valence-corrected chi connectivity index (χ1v) is 12.5. The summed E-state index contributed by atoms with van der Waals surface area (Å²) in [6.45, 7) is 4.21. The van der Waals surface area contributed by atoms with E-state index in [-0.39, 0.29) is 28.4 Å². The van der Waals surface area contributed by atoms with Gasteiger partial charge in [0.1, 0.15) is 0 Å². The fourth-order valence-electron chi connectivity index (χ4n) is 2.80. The lowest BCUT2D eigenvalue weighted by Crippen LogP contribution is -2.17. The summed E-state index contributed by atoms with van der Waals surface area (Å²) in [5, 5.41) is 2.92. The van der Waals surface area contributed by atoms with Gasteiger partial charge in [-0.1, -0.05) is 17.8 Å². The van der Waals surface area contributed by atoms with Crippen molar-refractivity contribution in [2.75, 3.05) is 22.6 Å². The Morgan fingerprint density at radius 3 is 2.41 bits per heavy atom. The average molecular weight is 422 g/mol. The van der Waals surface area contributed by atoms with E-state index in [1.54, 1.807) is 11.8 Å². The van der Waals surface area contributed by atoms with Gasteiger partial charge in [-0.05, 0) is 67.8 Å². The summed E-state index contributed by atoms with van der Waals surface area (Å²) in [6.07, 6.45) is 0.644. The summed E-state index contributed by atoms with van der Waals surface area (Å²) in [5.74, 6) is 0.611. The van der Waals surface area contributed by atoms with Gasteiger partial charge in [-0.2, -0.15) is 0 Å². The monoisotopic (exact) mass is 421 g/mol. The van der Waals surface area contributed by atoms with Crippen LogP contribution in [0, 0.1) is 13.8 Å². The molecule has 1 aliphatic rings. The zero-order valence-corrected chi connectivity index (χ0v) is 17.8. The van der Waals surface area contributed by atoms with Gasteiger partial charge in [0.15, 0.2) is 9.84 Å². The Labute approximate surface area is 169 Å². The van der Waals surface area contributed by atoms with Crippen molar-refractivity contribution in [3.63, 3.8) is 0 Å². The van der Waals surface area contributed by atoms with E-state index in [1.165, 1.54) is 27.8 Å². The van der Waals surface area contributed by atoms with Crippen LogP contribution in [0.4, 0.5) is 5.69 Å². The van der Waals surface area contributed by atoms with Gasteiger partial charge in [0, 0.05) is 20.7 Å². The molecule has 1 atom stereocenters.